The molecule has 0 amide bonds. The van der Waals surface area contributed by atoms with Gasteiger partial charge >= 0.3 is 0 Å². The summed E-state index contributed by atoms with van der Waals surface area (Å²) in [5.41, 5.74) is -0.0583. The van der Waals surface area contributed by atoms with Crippen LogP contribution in [0.25, 0.3) is 0 Å². The SMILES string of the molecule is CC(=O)CN(C)c1cc(NC(C)(C)C)nc(C)n1. The van der Waals surface area contributed by atoms with E-state index in [9.17, 15) is 4.79 Å². The number of rotatable bonds is 4. The van der Waals surface area contributed by atoms with Gasteiger partial charge in [0.25, 0.3) is 0 Å². The second-order valence-corrected chi connectivity index (χ2v) is 5.59. The number of Topliss-reactive ketones (excluding diaryl/α,β-unsaturated/α-hetero) is 1. The number of anilines is 2. The molecule has 5 nitrogen and oxygen atoms in total. The molecule has 1 N–H and O–H groups in total. The minimum atomic E-state index is -0.0583. The van der Waals surface area contributed by atoms with Crippen LogP contribution in [0.5, 0.6) is 0 Å². The molecule has 0 aliphatic carbocycles. The van der Waals surface area contributed by atoms with Crippen molar-refractivity contribution in [2.75, 3.05) is 23.8 Å². The van der Waals surface area contributed by atoms with Crippen molar-refractivity contribution in [2.45, 2.75) is 40.2 Å². The number of aromatic nitrogens is 2. The molecule has 18 heavy (non-hydrogen) atoms. The minimum absolute atomic E-state index is 0.0583. The number of aryl methyl sites for hydroxylation is 1. The lowest BCUT2D eigenvalue weighted by Gasteiger charge is -2.23. The van der Waals surface area contributed by atoms with Crippen LogP contribution < -0.4 is 10.2 Å². The number of nitrogens with one attached hydrogen (secondary N) is 1. The van der Waals surface area contributed by atoms with Gasteiger partial charge < -0.3 is 10.2 Å². The number of carbonyl (C=O) groups is 1. The zero-order valence-corrected chi connectivity index (χ0v) is 12.0. The third-order valence-corrected chi connectivity index (χ3v) is 2.18. The van der Waals surface area contributed by atoms with Gasteiger partial charge in [0.05, 0.1) is 6.54 Å². The van der Waals surface area contributed by atoms with Crippen LogP contribution in [0.2, 0.25) is 0 Å². The highest BCUT2D eigenvalue weighted by atomic mass is 16.1. The Bertz CT molecular complexity index is 437. The Morgan fingerprint density at radius 1 is 1.39 bits per heavy atom. The molecule has 1 aromatic rings. The van der Waals surface area contributed by atoms with Crippen molar-refractivity contribution in [3.05, 3.63) is 11.9 Å². The summed E-state index contributed by atoms with van der Waals surface area (Å²) in [7, 11) is 1.85. The van der Waals surface area contributed by atoms with Crippen molar-refractivity contribution in [1.82, 2.24) is 9.97 Å². The van der Waals surface area contributed by atoms with Crippen LogP contribution in [0, 0.1) is 6.92 Å². The van der Waals surface area contributed by atoms with Gasteiger partial charge in [0.1, 0.15) is 23.2 Å². The molecular weight excluding hydrogens is 228 g/mol. The van der Waals surface area contributed by atoms with Gasteiger partial charge in [-0.3, -0.25) is 4.79 Å². The molecule has 0 saturated carbocycles. The summed E-state index contributed by atoms with van der Waals surface area (Å²) in [6.07, 6.45) is 0. The maximum absolute atomic E-state index is 11.1. The number of hydrogen-bond donors (Lipinski definition) is 1. The highest BCUT2D eigenvalue weighted by Gasteiger charge is 2.13. The first-order valence-corrected chi connectivity index (χ1v) is 6.02. The second kappa shape index (κ2) is 5.33. The topological polar surface area (TPSA) is 58.1 Å². The number of likely N-dealkylation sites (N-methyl/N-ethyl adjacent to an activating group) is 1. The lowest BCUT2D eigenvalue weighted by Crippen LogP contribution is -2.28. The molecule has 0 aliphatic heterocycles. The van der Waals surface area contributed by atoms with E-state index in [1.54, 1.807) is 6.92 Å². The molecule has 1 rings (SSSR count). The third-order valence-electron chi connectivity index (χ3n) is 2.18. The van der Waals surface area contributed by atoms with Crippen molar-refractivity contribution >= 4 is 17.4 Å². The first kappa shape index (κ1) is 14.4. The summed E-state index contributed by atoms with van der Waals surface area (Å²) >= 11 is 0. The van der Waals surface area contributed by atoms with Crippen LogP contribution in [-0.2, 0) is 4.79 Å². The fourth-order valence-corrected chi connectivity index (χ4v) is 1.61. The zero-order valence-electron chi connectivity index (χ0n) is 12.0. The fraction of sp³-hybridized carbons (Fsp3) is 0.615. The minimum Gasteiger partial charge on any atom is -0.365 e. The Labute approximate surface area is 109 Å². The molecule has 0 atom stereocenters. The van der Waals surface area contributed by atoms with Crippen LogP contribution in [0.15, 0.2) is 6.07 Å². The average Bonchev–Trinajstić information content (AvgIpc) is 2.12. The predicted octanol–water partition coefficient (Wildman–Crippen LogP) is 2.02. The van der Waals surface area contributed by atoms with Gasteiger partial charge in [-0.2, -0.15) is 0 Å². The molecule has 0 saturated heterocycles. The Balaban J connectivity index is 2.97. The number of ketones is 1. The van der Waals surface area contributed by atoms with E-state index in [0.29, 0.717) is 12.4 Å². The van der Waals surface area contributed by atoms with Crippen molar-refractivity contribution in [1.29, 1.82) is 0 Å². The van der Waals surface area contributed by atoms with E-state index in [0.717, 1.165) is 11.6 Å². The Morgan fingerprint density at radius 2 is 2.00 bits per heavy atom. The van der Waals surface area contributed by atoms with Crippen molar-refractivity contribution in [3.8, 4) is 0 Å². The molecule has 100 valence electrons. The smallest absolute Gasteiger partial charge is 0.149 e. The summed E-state index contributed by atoms with van der Waals surface area (Å²) in [6.45, 7) is 9.99. The number of carbonyl (C=O) groups excluding carboxylic acids is 1. The van der Waals surface area contributed by atoms with Gasteiger partial charge in [-0.15, -0.1) is 0 Å². The first-order chi connectivity index (χ1) is 8.17. The quantitative estimate of drug-likeness (QED) is 0.886. The van der Waals surface area contributed by atoms with E-state index >= 15 is 0 Å². The van der Waals surface area contributed by atoms with Gasteiger partial charge in [0.2, 0.25) is 0 Å². The van der Waals surface area contributed by atoms with Gasteiger partial charge in [-0.1, -0.05) is 0 Å². The molecule has 0 aromatic carbocycles. The molecule has 0 spiro atoms. The normalized spacial score (nSPS) is 11.2. The van der Waals surface area contributed by atoms with E-state index in [1.165, 1.54) is 0 Å². The van der Waals surface area contributed by atoms with Gasteiger partial charge in [-0.05, 0) is 34.6 Å². The summed E-state index contributed by atoms with van der Waals surface area (Å²) in [6, 6.07) is 1.86. The second-order valence-electron chi connectivity index (χ2n) is 5.59. The van der Waals surface area contributed by atoms with Crippen LogP contribution in [-0.4, -0.2) is 34.9 Å². The predicted molar refractivity (Wildman–Crippen MR) is 74.1 cm³/mol. The summed E-state index contributed by atoms with van der Waals surface area (Å²) in [5, 5.41) is 3.31. The summed E-state index contributed by atoms with van der Waals surface area (Å²) < 4.78 is 0. The maximum Gasteiger partial charge on any atom is 0.149 e. The Hall–Kier alpha value is -1.65. The van der Waals surface area contributed by atoms with Crippen molar-refractivity contribution in [2.24, 2.45) is 0 Å². The van der Waals surface area contributed by atoms with Crippen molar-refractivity contribution < 1.29 is 4.79 Å². The average molecular weight is 250 g/mol. The highest BCUT2D eigenvalue weighted by Crippen LogP contribution is 2.18. The fourth-order valence-electron chi connectivity index (χ4n) is 1.61. The van der Waals surface area contributed by atoms with E-state index < -0.39 is 0 Å². The largest absolute Gasteiger partial charge is 0.365 e. The standard InChI is InChI=1S/C13H22N4O/c1-9(18)8-17(6)12-7-11(14-10(2)15-12)16-13(3,4)5/h7H,8H2,1-6H3,(H,14,15,16). The van der Waals surface area contributed by atoms with Crippen LogP contribution in [0.3, 0.4) is 0 Å². The molecule has 0 bridgehead atoms. The molecule has 1 aromatic heterocycles. The van der Waals surface area contributed by atoms with E-state index in [2.05, 4.69) is 36.1 Å². The van der Waals surface area contributed by atoms with Crippen LogP contribution >= 0.6 is 0 Å². The lowest BCUT2D eigenvalue weighted by molar-refractivity contribution is -0.115. The summed E-state index contributed by atoms with van der Waals surface area (Å²) in [4.78, 5) is 21.6. The maximum atomic E-state index is 11.1. The molecule has 5 heteroatoms. The first-order valence-electron chi connectivity index (χ1n) is 6.02. The zero-order chi connectivity index (χ0) is 13.9. The van der Waals surface area contributed by atoms with E-state index in [-0.39, 0.29) is 11.3 Å². The molecule has 1 heterocycles. The Morgan fingerprint density at radius 3 is 2.50 bits per heavy atom. The van der Waals surface area contributed by atoms with Crippen LogP contribution in [0.4, 0.5) is 11.6 Å². The molecule has 0 radical (unpaired) electrons. The van der Waals surface area contributed by atoms with Gasteiger partial charge in [0.15, 0.2) is 0 Å². The molecule has 0 fully saturated rings. The third kappa shape index (κ3) is 4.69. The van der Waals surface area contributed by atoms with E-state index in [4.69, 9.17) is 0 Å². The van der Waals surface area contributed by atoms with Crippen molar-refractivity contribution in [3.63, 3.8) is 0 Å². The monoisotopic (exact) mass is 250 g/mol. The Kier molecular flexibility index (Phi) is 4.27. The molecule has 0 aliphatic rings. The highest BCUT2D eigenvalue weighted by molar-refractivity contribution is 5.80. The molecule has 0 unspecified atom stereocenters. The van der Waals surface area contributed by atoms with Gasteiger partial charge in [-0.25, -0.2) is 9.97 Å². The lowest BCUT2D eigenvalue weighted by atomic mass is 10.1. The summed E-state index contributed by atoms with van der Waals surface area (Å²) in [5.74, 6) is 2.33. The van der Waals surface area contributed by atoms with E-state index in [1.807, 2.05) is 24.9 Å². The van der Waals surface area contributed by atoms with Gasteiger partial charge in [0, 0.05) is 18.7 Å². The number of hydrogen-bond acceptors (Lipinski definition) is 5. The molecular formula is C13H22N4O. The van der Waals surface area contributed by atoms with Crippen LogP contribution in [0.1, 0.15) is 33.5 Å². The number of nitrogens with zero attached hydrogens (tertiary/aromatic N) is 3.